The fourth-order valence-corrected chi connectivity index (χ4v) is 10.7. The molecule has 9 rings (SSSR count). The molecule has 3 atom stereocenters. The van der Waals surface area contributed by atoms with E-state index >= 15 is 0 Å². The summed E-state index contributed by atoms with van der Waals surface area (Å²) < 4.78 is 3.26. The van der Waals surface area contributed by atoms with E-state index in [2.05, 4.69) is 63.5 Å². The van der Waals surface area contributed by atoms with Crippen molar-refractivity contribution in [1.82, 2.24) is 50.6 Å². The zero-order chi connectivity index (χ0) is 47.2. The minimum Gasteiger partial charge on any atom is -0.351 e. The lowest BCUT2D eigenvalue weighted by Crippen LogP contribution is -2.63. The van der Waals surface area contributed by atoms with Crippen LogP contribution in [-0.2, 0) is 24.3 Å². The Hall–Kier alpha value is -5.05. The van der Waals surface area contributed by atoms with Crippen molar-refractivity contribution < 1.29 is 24.0 Å². The molecule has 0 saturated heterocycles. The molecule has 2 aromatic heterocycles. The van der Waals surface area contributed by atoms with Gasteiger partial charge < -0.3 is 31.1 Å². The van der Waals surface area contributed by atoms with Crippen molar-refractivity contribution in [2.24, 2.45) is 5.92 Å². The number of hydrogen-bond donors (Lipinski definition) is 4. The Morgan fingerprint density at radius 2 is 1.20 bits per heavy atom. The van der Waals surface area contributed by atoms with Crippen LogP contribution in [-0.4, -0.2) is 109 Å². The first kappa shape index (κ1) is 48.9. The molecule has 66 heavy (non-hydrogen) atoms. The quantitative estimate of drug-likeness (QED) is 0.178. The molecule has 360 valence electrons. The van der Waals surface area contributed by atoms with Crippen LogP contribution in [0.2, 0.25) is 0 Å². The molecular formula is C51H76N10O5. The second kappa shape index (κ2) is 21.3. The lowest BCUT2D eigenvalue weighted by Gasteiger charge is -2.43. The maximum absolute atomic E-state index is 13.2. The highest BCUT2D eigenvalue weighted by atomic mass is 16.2. The van der Waals surface area contributed by atoms with E-state index in [9.17, 15) is 24.0 Å². The maximum atomic E-state index is 13.2. The highest BCUT2D eigenvalue weighted by Crippen LogP contribution is 2.32. The van der Waals surface area contributed by atoms with Gasteiger partial charge in [-0.2, -0.15) is 10.2 Å². The first-order valence-electron chi connectivity index (χ1n) is 25.2. The number of rotatable bonds is 9. The number of likely N-dealkylation sites (N-methyl/N-ethyl adjacent to an activating group) is 2. The van der Waals surface area contributed by atoms with Gasteiger partial charge in [-0.15, -0.1) is 0 Å². The summed E-state index contributed by atoms with van der Waals surface area (Å²) >= 11 is 0. The van der Waals surface area contributed by atoms with Gasteiger partial charge >= 0.3 is 0 Å². The predicted octanol–water partition coefficient (Wildman–Crippen LogP) is 6.97. The minimum absolute atomic E-state index is 0.00971. The van der Waals surface area contributed by atoms with E-state index < -0.39 is 5.54 Å². The van der Waals surface area contributed by atoms with Crippen LogP contribution >= 0.6 is 0 Å². The number of benzene rings is 1. The Bertz CT molecular complexity index is 2200. The van der Waals surface area contributed by atoms with Gasteiger partial charge in [0.05, 0.1) is 24.7 Å². The highest BCUT2D eigenvalue weighted by Gasteiger charge is 2.47. The van der Waals surface area contributed by atoms with Crippen LogP contribution in [0.3, 0.4) is 0 Å². The highest BCUT2D eigenvalue weighted by molar-refractivity contribution is 6.02. The first-order valence-corrected chi connectivity index (χ1v) is 25.2. The number of carbonyl (C=O) groups excluding carboxylic acids is 5. The Balaban J connectivity index is 0.000000190. The van der Waals surface area contributed by atoms with Crippen LogP contribution in [0.5, 0.6) is 0 Å². The van der Waals surface area contributed by atoms with Crippen molar-refractivity contribution in [1.29, 1.82) is 0 Å². The van der Waals surface area contributed by atoms with Crippen molar-refractivity contribution in [3.8, 4) is 0 Å². The fourth-order valence-electron chi connectivity index (χ4n) is 10.7. The number of carbonyl (C=O) groups is 5. The van der Waals surface area contributed by atoms with E-state index in [0.29, 0.717) is 35.6 Å². The molecule has 4 aliphatic carbocycles. The molecule has 15 nitrogen and oxygen atoms in total. The lowest BCUT2D eigenvalue weighted by atomic mass is 9.87. The van der Waals surface area contributed by atoms with Gasteiger partial charge in [0.15, 0.2) is 11.4 Å². The molecule has 0 bridgehead atoms. The number of fused-ring (bicyclic) bond motifs is 3. The van der Waals surface area contributed by atoms with Crippen LogP contribution < -0.4 is 21.3 Å². The third-order valence-corrected chi connectivity index (χ3v) is 15.4. The number of hydrogen-bond acceptors (Lipinski definition) is 8. The molecule has 15 heteroatoms. The summed E-state index contributed by atoms with van der Waals surface area (Å²) in [4.78, 5) is 68.6. The van der Waals surface area contributed by atoms with Gasteiger partial charge in [-0.25, -0.2) is 0 Å². The van der Waals surface area contributed by atoms with Crippen molar-refractivity contribution >= 4 is 29.5 Å². The Morgan fingerprint density at radius 1 is 0.652 bits per heavy atom. The van der Waals surface area contributed by atoms with Crippen molar-refractivity contribution in [2.75, 3.05) is 20.6 Å². The average Bonchev–Trinajstić information content (AvgIpc) is 3.97. The number of nitrogens with one attached hydrogen (secondary N) is 4. The summed E-state index contributed by atoms with van der Waals surface area (Å²) in [5.74, 6) is -0.270. The van der Waals surface area contributed by atoms with Gasteiger partial charge in [-0.1, -0.05) is 83.6 Å². The molecule has 0 radical (unpaired) electrons. The molecule has 6 aliphatic rings. The summed E-state index contributed by atoms with van der Waals surface area (Å²) in [6, 6.07) is 12.4. The topological polar surface area (TPSA) is 176 Å². The van der Waals surface area contributed by atoms with Crippen molar-refractivity contribution in [3.63, 3.8) is 0 Å². The SMILES string of the molecule is CC.CC1CCC(NC(=O)c2cc3n(n2)CC(C)(C(=O)NC2CCCCC2)N(C)C3=O)CC1.CN1C(=O)c2cc(C(=O)NC3CCCc4ccccc43)nn2CC1(C)CNC1CCCCC1. The first-order chi connectivity index (χ1) is 31.7. The Kier molecular flexibility index (Phi) is 15.8. The average molecular weight is 909 g/mol. The van der Waals surface area contributed by atoms with Crippen molar-refractivity contribution in [3.05, 3.63) is 70.3 Å². The molecule has 4 heterocycles. The maximum Gasteiger partial charge on any atom is 0.272 e. The molecule has 3 fully saturated rings. The molecule has 3 unspecified atom stereocenters. The largest absolute Gasteiger partial charge is 0.351 e. The van der Waals surface area contributed by atoms with Crippen LogP contribution in [0.1, 0.15) is 196 Å². The molecule has 3 saturated carbocycles. The molecule has 3 aromatic rings. The molecule has 2 aliphatic heterocycles. The lowest BCUT2D eigenvalue weighted by molar-refractivity contribution is -0.133. The van der Waals surface area contributed by atoms with Crippen molar-refractivity contribution in [2.45, 2.75) is 192 Å². The summed E-state index contributed by atoms with van der Waals surface area (Å²) in [6.45, 7) is 11.6. The van der Waals surface area contributed by atoms with Crippen LogP contribution in [0.15, 0.2) is 36.4 Å². The third-order valence-electron chi connectivity index (χ3n) is 15.4. The van der Waals surface area contributed by atoms with E-state index in [1.807, 2.05) is 31.9 Å². The summed E-state index contributed by atoms with van der Waals surface area (Å²) in [5.41, 5.74) is 2.47. The normalized spacial score (nSPS) is 26.6. The van der Waals surface area contributed by atoms with Gasteiger partial charge in [0, 0.05) is 50.9 Å². The number of nitrogens with zero attached hydrogens (tertiary/aromatic N) is 6. The Labute approximate surface area is 391 Å². The van der Waals surface area contributed by atoms with E-state index in [1.54, 1.807) is 30.8 Å². The predicted molar refractivity (Wildman–Crippen MR) is 255 cm³/mol. The summed E-state index contributed by atoms with van der Waals surface area (Å²) in [6.07, 6.45) is 18.9. The number of aryl methyl sites for hydroxylation is 1. The molecule has 0 spiro atoms. The van der Waals surface area contributed by atoms with E-state index in [1.165, 1.54) is 59.2 Å². The summed E-state index contributed by atoms with van der Waals surface area (Å²) in [7, 11) is 3.52. The number of aromatic nitrogens is 4. The van der Waals surface area contributed by atoms with E-state index in [-0.39, 0.29) is 65.4 Å². The van der Waals surface area contributed by atoms with Gasteiger partial charge in [0.1, 0.15) is 16.9 Å². The van der Waals surface area contributed by atoms with Gasteiger partial charge in [0.2, 0.25) is 5.91 Å². The number of amides is 5. The molecular weight excluding hydrogens is 833 g/mol. The second-order valence-electron chi connectivity index (χ2n) is 20.2. The zero-order valence-corrected chi connectivity index (χ0v) is 40.7. The van der Waals surface area contributed by atoms with Gasteiger partial charge in [-0.05, 0) is 102 Å². The van der Waals surface area contributed by atoms with E-state index in [4.69, 9.17) is 0 Å². The van der Waals surface area contributed by atoms with Gasteiger partial charge in [0.25, 0.3) is 23.6 Å². The van der Waals surface area contributed by atoms with Crippen LogP contribution in [0, 0.1) is 5.92 Å². The van der Waals surface area contributed by atoms with E-state index in [0.717, 1.165) is 77.2 Å². The standard InChI is InChI=1S/C26H35N5O2.C23H35N5O3.C2H6/c1-26(16-27-19-11-4-3-5-12-19)17-31-23(25(33)30(26)2)15-22(29-31)24(32)28-21-14-8-10-18-9-6-7-13-20(18)21;1-15-9-11-17(12-10-15)24-20(29)18-13-19-21(30)27(3)23(2,14-28(19)26-18)22(31)25-16-7-5-4-6-8-16;1-2/h6-7,9,13,15,19,21,27H,3-5,8,10-12,14,16-17H2,1-2H3,(H,28,32);13,15-17H,4-12,14H2,1-3H3,(H,24,29)(H,25,31);1-2H3. The monoisotopic (exact) mass is 909 g/mol. The Morgan fingerprint density at radius 3 is 1.83 bits per heavy atom. The third kappa shape index (κ3) is 10.7. The van der Waals surface area contributed by atoms with Crippen LogP contribution in [0.4, 0.5) is 0 Å². The second-order valence-corrected chi connectivity index (χ2v) is 20.2. The molecule has 5 amide bonds. The molecule has 1 aromatic carbocycles. The molecule has 4 N–H and O–H groups in total. The fraction of sp³-hybridized carbons (Fsp3) is 0.667. The minimum atomic E-state index is -1.04. The van der Waals surface area contributed by atoms with Gasteiger partial charge in [-0.3, -0.25) is 33.3 Å². The summed E-state index contributed by atoms with van der Waals surface area (Å²) in [5, 5.41) is 22.1. The smallest absolute Gasteiger partial charge is 0.272 e. The zero-order valence-electron chi connectivity index (χ0n) is 40.7. The van der Waals surface area contributed by atoms with Crippen LogP contribution in [0.25, 0.3) is 0 Å².